The van der Waals surface area contributed by atoms with Crippen LogP contribution in [0.1, 0.15) is 22.6 Å². The number of carbonyl (C=O) groups excluding carboxylic acids is 1. The van der Waals surface area contributed by atoms with E-state index >= 15 is 0 Å². The Kier molecular flexibility index (Phi) is 5.61. The molecule has 0 spiro atoms. The van der Waals surface area contributed by atoms with Gasteiger partial charge in [0.15, 0.2) is 0 Å². The van der Waals surface area contributed by atoms with E-state index in [4.69, 9.17) is 4.74 Å². The molecule has 0 saturated carbocycles. The largest absolute Gasteiger partial charge is 0.449 e. The van der Waals surface area contributed by atoms with Crippen LogP contribution >= 0.6 is 0 Å². The standard InChI is InChI=1S/C25H24N2O2/c1-26-19-10-6-8-18(16-19)9-7-15-27-25(28)29-17-24-22-13-4-2-11-20(22)21-12-3-5-14-23(21)24/h2-14,16,24,26H,15,17H2,1H3,(H,27,28). The molecule has 1 aliphatic rings. The van der Waals surface area contributed by atoms with Crippen molar-refractivity contribution in [2.24, 2.45) is 0 Å². The molecule has 4 heteroatoms. The van der Waals surface area contributed by atoms with E-state index in [1.54, 1.807) is 0 Å². The van der Waals surface area contributed by atoms with Crippen LogP contribution < -0.4 is 10.6 Å². The number of nitrogens with one attached hydrogen (secondary N) is 2. The Balaban J connectivity index is 1.32. The summed E-state index contributed by atoms with van der Waals surface area (Å²) < 4.78 is 5.53. The van der Waals surface area contributed by atoms with E-state index in [0.717, 1.165) is 11.3 Å². The summed E-state index contributed by atoms with van der Waals surface area (Å²) in [6.45, 7) is 0.744. The van der Waals surface area contributed by atoms with Gasteiger partial charge in [-0.2, -0.15) is 0 Å². The van der Waals surface area contributed by atoms with Crippen molar-refractivity contribution in [3.8, 4) is 11.1 Å². The number of ether oxygens (including phenoxy) is 1. The van der Waals surface area contributed by atoms with Crippen molar-refractivity contribution in [3.63, 3.8) is 0 Å². The Morgan fingerprint density at radius 1 is 0.966 bits per heavy atom. The first-order chi connectivity index (χ1) is 14.3. The first-order valence-electron chi connectivity index (χ1n) is 9.79. The maximum Gasteiger partial charge on any atom is 0.407 e. The number of benzene rings is 3. The highest BCUT2D eigenvalue weighted by atomic mass is 16.5. The van der Waals surface area contributed by atoms with E-state index in [9.17, 15) is 4.79 Å². The van der Waals surface area contributed by atoms with E-state index in [1.807, 2.05) is 67.7 Å². The van der Waals surface area contributed by atoms with Gasteiger partial charge >= 0.3 is 6.09 Å². The smallest absolute Gasteiger partial charge is 0.407 e. The summed E-state index contributed by atoms with van der Waals surface area (Å²) in [5, 5.41) is 5.90. The molecule has 0 heterocycles. The van der Waals surface area contributed by atoms with Gasteiger partial charge in [0, 0.05) is 25.2 Å². The molecular weight excluding hydrogens is 360 g/mol. The number of amides is 1. The third kappa shape index (κ3) is 4.16. The fourth-order valence-electron chi connectivity index (χ4n) is 3.78. The zero-order valence-electron chi connectivity index (χ0n) is 16.4. The summed E-state index contributed by atoms with van der Waals surface area (Å²) in [4.78, 5) is 12.2. The Morgan fingerprint density at radius 2 is 1.66 bits per heavy atom. The molecular formula is C25H24N2O2. The Hall–Kier alpha value is -3.53. The van der Waals surface area contributed by atoms with Crippen LogP contribution in [0.2, 0.25) is 0 Å². The fourth-order valence-corrected chi connectivity index (χ4v) is 3.78. The van der Waals surface area contributed by atoms with E-state index in [-0.39, 0.29) is 5.92 Å². The number of hydrogen-bond donors (Lipinski definition) is 2. The minimum atomic E-state index is -0.402. The predicted octanol–water partition coefficient (Wildman–Crippen LogP) is 5.28. The SMILES string of the molecule is CNc1cccc(C=CCNC(=O)OCC2c3ccccc3-c3ccccc32)c1. The van der Waals surface area contributed by atoms with Gasteiger partial charge in [0.1, 0.15) is 6.61 Å². The van der Waals surface area contributed by atoms with Crippen molar-refractivity contribution in [2.75, 3.05) is 25.5 Å². The second-order valence-corrected chi connectivity index (χ2v) is 6.98. The lowest BCUT2D eigenvalue weighted by Gasteiger charge is -2.14. The number of carbonyl (C=O) groups is 1. The van der Waals surface area contributed by atoms with E-state index in [2.05, 4.69) is 34.9 Å². The summed E-state index contributed by atoms with van der Waals surface area (Å²) >= 11 is 0. The van der Waals surface area contributed by atoms with Crippen molar-refractivity contribution in [2.45, 2.75) is 5.92 Å². The number of alkyl carbamates (subject to hydrolysis) is 1. The minimum Gasteiger partial charge on any atom is -0.449 e. The molecule has 0 bridgehead atoms. The van der Waals surface area contributed by atoms with Gasteiger partial charge in [0.25, 0.3) is 0 Å². The Labute approximate surface area is 171 Å². The first-order valence-corrected chi connectivity index (χ1v) is 9.79. The van der Waals surface area contributed by atoms with Crippen LogP contribution in [0.4, 0.5) is 10.5 Å². The lowest BCUT2D eigenvalue weighted by atomic mass is 9.98. The highest BCUT2D eigenvalue weighted by Crippen LogP contribution is 2.44. The van der Waals surface area contributed by atoms with Gasteiger partial charge in [0.05, 0.1) is 0 Å². The third-order valence-electron chi connectivity index (χ3n) is 5.19. The lowest BCUT2D eigenvalue weighted by Crippen LogP contribution is -2.26. The van der Waals surface area contributed by atoms with Crippen LogP contribution in [0.15, 0.2) is 78.9 Å². The van der Waals surface area contributed by atoms with Crippen LogP contribution in [0, 0.1) is 0 Å². The molecule has 4 rings (SSSR count). The predicted molar refractivity (Wildman–Crippen MR) is 118 cm³/mol. The molecule has 1 aliphatic carbocycles. The molecule has 0 fully saturated rings. The molecule has 0 saturated heterocycles. The molecule has 1 amide bonds. The van der Waals surface area contributed by atoms with E-state index in [0.29, 0.717) is 13.2 Å². The average Bonchev–Trinajstić information content (AvgIpc) is 3.09. The van der Waals surface area contributed by atoms with Gasteiger partial charge < -0.3 is 15.4 Å². The summed E-state index contributed by atoms with van der Waals surface area (Å²) in [7, 11) is 1.89. The van der Waals surface area contributed by atoms with Crippen LogP contribution in [-0.4, -0.2) is 26.3 Å². The summed E-state index contributed by atoms with van der Waals surface area (Å²) in [5.41, 5.74) is 7.01. The molecule has 29 heavy (non-hydrogen) atoms. The highest BCUT2D eigenvalue weighted by Gasteiger charge is 2.28. The van der Waals surface area contributed by atoms with Gasteiger partial charge in [-0.1, -0.05) is 72.8 Å². The molecule has 3 aromatic carbocycles. The summed E-state index contributed by atoms with van der Waals surface area (Å²) in [6, 6.07) is 24.7. The summed E-state index contributed by atoms with van der Waals surface area (Å²) in [6.07, 6.45) is 3.49. The van der Waals surface area contributed by atoms with Gasteiger partial charge in [-0.25, -0.2) is 4.79 Å². The number of rotatable bonds is 6. The first kappa shape index (κ1) is 18.8. The topological polar surface area (TPSA) is 50.4 Å². The van der Waals surface area contributed by atoms with Crippen LogP contribution in [0.3, 0.4) is 0 Å². The number of anilines is 1. The molecule has 4 nitrogen and oxygen atoms in total. The quantitative estimate of drug-likeness (QED) is 0.608. The van der Waals surface area contributed by atoms with Gasteiger partial charge in [-0.05, 0) is 39.9 Å². The van der Waals surface area contributed by atoms with Crippen LogP contribution in [0.25, 0.3) is 17.2 Å². The molecule has 0 radical (unpaired) electrons. The van der Waals surface area contributed by atoms with Crippen LogP contribution in [-0.2, 0) is 4.74 Å². The molecule has 2 N–H and O–H groups in total. The van der Waals surface area contributed by atoms with Crippen LogP contribution in [0.5, 0.6) is 0 Å². The second kappa shape index (κ2) is 8.65. The van der Waals surface area contributed by atoms with Crippen molar-refractivity contribution < 1.29 is 9.53 Å². The highest BCUT2D eigenvalue weighted by molar-refractivity contribution is 5.79. The molecule has 0 unspecified atom stereocenters. The molecule has 0 atom stereocenters. The second-order valence-electron chi connectivity index (χ2n) is 6.98. The minimum absolute atomic E-state index is 0.0768. The Bertz CT molecular complexity index is 997. The van der Waals surface area contributed by atoms with Crippen molar-refractivity contribution >= 4 is 17.9 Å². The molecule has 3 aromatic rings. The van der Waals surface area contributed by atoms with Gasteiger partial charge in [-0.3, -0.25) is 0 Å². The van der Waals surface area contributed by atoms with E-state index < -0.39 is 6.09 Å². The third-order valence-corrected chi connectivity index (χ3v) is 5.19. The fraction of sp³-hybridized carbons (Fsp3) is 0.160. The molecule has 0 aliphatic heterocycles. The molecule has 0 aromatic heterocycles. The molecule has 146 valence electrons. The average molecular weight is 384 g/mol. The summed E-state index contributed by atoms with van der Waals surface area (Å²) in [5.74, 6) is 0.0768. The Morgan fingerprint density at radius 3 is 2.34 bits per heavy atom. The normalized spacial score (nSPS) is 12.4. The number of fused-ring (bicyclic) bond motifs is 3. The van der Waals surface area contributed by atoms with Crippen molar-refractivity contribution in [1.82, 2.24) is 5.32 Å². The monoisotopic (exact) mass is 384 g/mol. The van der Waals surface area contributed by atoms with Crippen molar-refractivity contribution in [1.29, 1.82) is 0 Å². The van der Waals surface area contributed by atoms with E-state index in [1.165, 1.54) is 22.3 Å². The maximum atomic E-state index is 12.2. The zero-order valence-corrected chi connectivity index (χ0v) is 16.4. The zero-order chi connectivity index (χ0) is 20.1. The number of hydrogen-bond acceptors (Lipinski definition) is 3. The van der Waals surface area contributed by atoms with Crippen molar-refractivity contribution in [3.05, 3.63) is 95.6 Å². The van der Waals surface area contributed by atoms with Gasteiger partial charge in [-0.15, -0.1) is 0 Å². The lowest BCUT2D eigenvalue weighted by molar-refractivity contribution is 0.144. The van der Waals surface area contributed by atoms with Gasteiger partial charge in [0.2, 0.25) is 0 Å². The maximum absolute atomic E-state index is 12.2.